The van der Waals surface area contributed by atoms with E-state index in [1.54, 1.807) is 0 Å². The van der Waals surface area contributed by atoms with Crippen LogP contribution in [0, 0.1) is 11.6 Å². The van der Waals surface area contributed by atoms with E-state index in [1.165, 1.54) is 12.1 Å². The summed E-state index contributed by atoms with van der Waals surface area (Å²) in [6, 6.07) is 3.64. The van der Waals surface area contributed by atoms with E-state index in [2.05, 4.69) is 5.43 Å². The second kappa shape index (κ2) is 6.00. The smallest absolute Gasteiger partial charge is 0.163 e. The number of hydrazine groups is 1. The first kappa shape index (κ1) is 12.4. The molecular formula is C10H13ClF2N2. The average Bonchev–Trinajstić information content (AvgIpc) is 2.25. The third-order valence-electron chi connectivity index (χ3n) is 2.18. The Morgan fingerprint density at radius 1 is 1.40 bits per heavy atom. The van der Waals surface area contributed by atoms with Crippen LogP contribution in [-0.2, 0) is 0 Å². The number of nitrogens with two attached hydrogens (primary N) is 1. The molecular weight excluding hydrogens is 222 g/mol. The van der Waals surface area contributed by atoms with Gasteiger partial charge in [0.1, 0.15) is 0 Å². The highest BCUT2D eigenvalue weighted by Crippen LogP contribution is 2.22. The van der Waals surface area contributed by atoms with Gasteiger partial charge in [0, 0.05) is 17.5 Å². The molecule has 1 rings (SSSR count). The molecule has 1 atom stereocenters. The molecule has 0 aromatic heterocycles. The van der Waals surface area contributed by atoms with Gasteiger partial charge in [0.2, 0.25) is 0 Å². The Balaban J connectivity index is 2.86. The first-order chi connectivity index (χ1) is 7.20. The first-order valence-electron chi connectivity index (χ1n) is 4.66. The predicted molar refractivity (Wildman–Crippen MR) is 56.4 cm³/mol. The predicted octanol–water partition coefficient (Wildman–Crippen LogP) is 2.49. The van der Waals surface area contributed by atoms with Gasteiger partial charge in [-0.3, -0.25) is 11.3 Å². The van der Waals surface area contributed by atoms with E-state index in [9.17, 15) is 8.78 Å². The number of benzene rings is 1. The largest absolute Gasteiger partial charge is 0.271 e. The zero-order valence-electron chi connectivity index (χ0n) is 8.14. The molecule has 1 unspecified atom stereocenters. The Morgan fingerprint density at radius 3 is 2.73 bits per heavy atom. The molecule has 0 aliphatic heterocycles. The van der Waals surface area contributed by atoms with Crippen molar-refractivity contribution in [2.24, 2.45) is 5.84 Å². The van der Waals surface area contributed by atoms with Gasteiger partial charge < -0.3 is 0 Å². The zero-order valence-corrected chi connectivity index (χ0v) is 8.90. The molecule has 3 N–H and O–H groups in total. The Hall–Kier alpha value is -0.710. The van der Waals surface area contributed by atoms with Gasteiger partial charge in [-0.15, -0.1) is 11.6 Å². The highest BCUT2D eigenvalue weighted by Gasteiger charge is 2.16. The summed E-state index contributed by atoms with van der Waals surface area (Å²) in [5, 5.41) is 0. The van der Waals surface area contributed by atoms with Gasteiger partial charge in [-0.25, -0.2) is 8.78 Å². The van der Waals surface area contributed by atoms with Gasteiger partial charge in [-0.1, -0.05) is 12.1 Å². The van der Waals surface area contributed by atoms with E-state index in [1.807, 2.05) is 0 Å². The Labute approximate surface area is 92.4 Å². The zero-order chi connectivity index (χ0) is 11.3. The van der Waals surface area contributed by atoms with Gasteiger partial charge in [0.25, 0.3) is 0 Å². The molecule has 0 heterocycles. The topological polar surface area (TPSA) is 38.0 Å². The molecule has 0 radical (unpaired) electrons. The monoisotopic (exact) mass is 234 g/mol. The van der Waals surface area contributed by atoms with Crippen molar-refractivity contribution in [2.45, 2.75) is 18.9 Å². The van der Waals surface area contributed by atoms with E-state index in [0.717, 1.165) is 6.07 Å². The van der Waals surface area contributed by atoms with E-state index in [0.29, 0.717) is 18.7 Å². The summed E-state index contributed by atoms with van der Waals surface area (Å²) in [7, 11) is 0. The normalized spacial score (nSPS) is 12.8. The van der Waals surface area contributed by atoms with Crippen LogP contribution in [0.5, 0.6) is 0 Å². The number of rotatable bonds is 5. The molecule has 84 valence electrons. The molecule has 0 fully saturated rings. The highest BCUT2D eigenvalue weighted by molar-refractivity contribution is 6.17. The molecule has 1 aromatic carbocycles. The van der Waals surface area contributed by atoms with Crippen molar-refractivity contribution < 1.29 is 8.78 Å². The molecule has 0 saturated heterocycles. The van der Waals surface area contributed by atoms with Crippen LogP contribution in [0.2, 0.25) is 0 Å². The lowest BCUT2D eigenvalue weighted by Gasteiger charge is -2.16. The summed E-state index contributed by atoms with van der Waals surface area (Å²) in [4.78, 5) is 0. The number of nitrogens with one attached hydrogen (secondary N) is 1. The number of alkyl halides is 1. The summed E-state index contributed by atoms with van der Waals surface area (Å²) >= 11 is 5.52. The van der Waals surface area contributed by atoms with Crippen LogP contribution >= 0.6 is 11.6 Å². The minimum atomic E-state index is -0.862. The molecule has 0 amide bonds. The summed E-state index contributed by atoms with van der Waals surface area (Å²) in [5.74, 6) is 4.04. The average molecular weight is 235 g/mol. The van der Waals surface area contributed by atoms with E-state index < -0.39 is 17.7 Å². The van der Waals surface area contributed by atoms with Crippen LogP contribution in [0.1, 0.15) is 24.4 Å². The maximum atomic E-state index is 13.4. The van der Waals surface area contributed by atoms with E-state index in [-0.39, 0.29) is 5.56 Å². The van der Waals surface area contributed by atoms with Gasteiger partial charge >= 0.3 is 0 Å². The fourth-order valence-electron chi connectivity index (χ4n) is 1.40. The summed E-state index contributed by atoms with van der Waals surface area (Å²) in [5.41, 5.74) is 2.69. The van der Waals surface area contributed by atoms with Gasteiger partial charge in [0.05, 0.1) is 0 Å². The van der Waals surface area contributed by atoms with Crippen LogP contribution in [0.25, 0.3) is 0 Å². The molecule has 0 aliphatic rings. The molecule has 15 heavy (non-hydrogen) atoms. The quantitative estimate of drug-likeness (QED) is 0.467. The van der Waals surface area contributed by atoms with Crippen molar-refractivity contribution in [1.29, 1.82) is 0 Å². The highest BCUT2D eigenvalue weighted by atomic mass is 35.5. The van der Waals surface area contributed by atoms with Crippen LogP contribution in [0.3, 0.4) is 0 Å². The lowest BCUT2D eigenvalue weighted by atomic mass is 10.0. The first-order valence-corrected chi connectivity index (χ1v) is 5.20. The third-order valence-corrected chi connectivity index (χ3v) is 2.45. The summed E-state index contributed by atoms with van der Waals surface area (Å²) in [6.45, 7) is 0. The van der Waals surface area contributed by atoms with Gasteiger partial charge in [-0.2, -0.15) is 0 Å². The molecule has 0 spiro atoms. The van der Waals surface area contributed by atoms with Crippen molar-refractivity contribution in [3.8, 4) is 0 Å². The van der Waals surface area contributed by atoms with Crippen LogP contribution in [-0.4, -0.2) is 5.88 Å². The van der Waals surface area contributed by atoms with Crippen molar-refractivity contribution >= 4 is 11.6 Å². The molecule has 0 saturated carbocycles. The maximum Gasteiger partial charge on any atom is 0.163 e. The number of hydrogen-bond donors (Lipinski definition) is 2. The fourth-order valence-corrected chi connectivity index (χ4v) is 1.55. The lowest BCUT2D eigenvalue weighted by molar-refractivity contribution is 0.450. The second-order valence-corrected chi connectivity index (χ2v) is 3.57. The molecule has 2 nitrogen and oxygen atoms in total. The molecule has 0 bridgehead atoms. The maximum absolute atomic E-state index is 13.4. The van der Waals surface area contributed by atoms with E-state index in [4.69, 9.17) is 17.4 Å². The minimum Gasteiger partial charge on any atom is -0.271 e. The van der Waals surface area contributed by atoms with Crippen molar-refractivity contribution in [1.82, 2.24) is 5.43 Å². The van der Waals surface area contributed by atoms with Gasteiger partial charge in [-0.05, 0) is 18.9 Å². The standard InChI is InChI=1S/C10H13ClF2N2/c11-6-2-5-9(15-14)7-3-1-4-8(12)10(7)13/h1,3-4,9,15H,2,5-6,14H2. The van der Waals surface area contributed by atoms with E-state index >= 15 is 0 Å². The Morgan fingerprint density at radius 2 is 2.13 bits per heavy atom. The summed E-state index contributed by atoms with van der Waals surface area (Å²) < 4.78 is 26.3. The van der Waals surface area contributed by atoms with Crippen molar-refractivity contribution in [3.05, 3.63) is 35.4 Å². The molecule has 0 aliphatic carbocycles. The molecule has 1 aromatic rings. The second-order valence-electron chi connectivity index (χ2n) is 3.19. The van der Waals surface area contributed by atoms with Crippen molar-refractivity contribution in [3.63, 3.8) is 0 Å². The van der Waals surface area contributed by atoms with Crippen LogP contribution < -0.4 is 11.3 Å². The Bertz CT molecular complexity index is 320. The Kier molecular flexibility index (Phi) is 4.94. The SMILES string of the molecule is NNC(CCCCl)c1cccc(F)c1F. The summed E-state index contributed by atoms with van der Waals surface area (Å²) in [6.07, 6.45) is 1.26. The van der Waals surface area contributed by atoms with Crippen LogP contribution in [0.4, 0.5) is 8.78 Å². The lowest BCUT2D eigenvalue weighted by Crippen LogP contribution is -2.29. The number of hydrogen-bond acceptors (Lipinski definition) is 2. The third kappa shape index (κ3) is 3.12. The van der Waals surface area contributed by atoms with Gasteiger partial charge in [0.15, 0.2) is 11.6 Å². The minimum absolute atomic E-state index is 0.239. The number of halogens is 3. The fraction of sp³-hybridized carbons (Fsp3) is 0.400. The van der Waals surface area contributed by atoms with Crippen molar-refractivity contribution in [2.75, 3.05) is 5.88 Å². The van der Waals surface area contributed by atoms with Crippen LogP contribution in [0.15, 0.2) is 18.2 Å². The molecule has 5 heteroatoms.